The fourth-order valence-corrected chi connectivity index (χ4v) is 3.29. The van der Waals surface area contributed by atoms with E-state index >= 15 is 0 Å². The minimum atomic E-state index is -0.136. The van der Waals surface area contributed by atoms with E-state index in [9.17, 15) is 4.79 Å². The van der Waals surface area contributed by atoms with Gasteiger partial charge in [0.1, 0.15) is 0 Å². The first kappa shape index (κ1) is 20.2. The van der Waals surface area contributed by atoms with Gasteiger partial charge in [-0.25, -0.2) is 0 Å². The normalized spacial score (nSPS) is 15.6. The molecule has 1 heterocycles. The number of nitrogens with zero attached hydrogens (tertiary/aromatic N) is 1. The van der Waals surface area contributed by atoms with Gasteiger partial charge in [0.2, 0.25) is 0 Å². The van der Waals surface area contributed by atoms with Crippen LogP contribution in [0.15, 0.2) is 48.5 Å². The number of nitrogens with one attached hydrogen (secondary N) is 1. The van der Waals surface area contributed by atoms with Crippen LogP contribution in [0.3, 0.4) is 0 Å². The van der Waals surface area contributed by atoms with E-state index in [0.717, 1.165) is 38.4 Å². The second-order valence-electron chi connectivity index (χ2n) is 6.65. The van der Waals surface area contributed by atoms with Crippen molar-refractivity contribution in [1.82, 2.24) is 10.2 Å². The lowest BCUT2D eigenvalue weighted by Gasteiger charge is -2.31. The van der Waals surface area contributed by atoms with Gasteiger partial charge >= 0.3 is 0 Å². The van der Waals surface area contributed by atoms with E-state index < -0.39 is 0 Å². The monoisotopic (exact) mass is 384 g/mol. The molecule has 0 spiro atoms. The molecule has 0 saturated carbocycles. The second kappa shape index (κ2) is 10.1. The maximum absolute atomic E-state index is 13.0. The first-order valence-corrected chi connectivity index (χ1v) is 9.68. The summed E-state index contributed by atoms with van der Waals surface area (Å²) in [6.45, 7) is 6.39. The first-order valence-electron chi connectivity index (χ1n) is 9.68. The molecule has 28 heavy (non-hydrogen) atoms. The molecule has 1 atom stereocenters. The fourth-order valence-electron chi connectivity index (χ4n) is 3.29. The van der Waals surface area contributed by atoms with E-state index in [4.69, 9.17) is 14.2 Å². The highest BCUT2D eigenvalue weighted by Crippen LogP contribution is 2.28. The van der Waals surface area contributed by atoms with Crippen LogP contribution in [0.1, 0.15) is 28.9 Å². The molecule has 0 aromatic heterocycles. The Balaban J connectivity index is 1.76. The van der Waals surface area contributed by atoms with Gasteiger partial charge in [-0.3, -0.25) is 9.69 Å². The van der Waals surface area contributed by atoms with Crippen LogP contribution in [0.4, 0.5) is 0 Å². The van der Waals surface area contributed by atoms with Crippen LogP contribution in [0, 0.1) is 0 Å². The molecule has 2 aromatic rings. The van der Waals surface area contributed by atoms with E-state index in [1.54, 1.807) is 25.3 Å². The Hall–Kier alpha value is -2.57. The second-order valence-corrected chi connectivity index (χ2v) is 6.65. The summed E-state index contributed by atoms with van der Waals surface area (Å²) in [4.78, 5) is 15.3. The lowest BCUT2D eigenvalue weighted by molar-refractivity contribution is 0.0332. The van der Waals surface area contributed by atoms with Gasteiger partial charge in [0.25, 0.3) is 5.91 Å². The zero-order valence-electron chi connectivity index (χ0n) is 16.5. The number of methoxy groups -OCH3 is 1. The number of carbonyl (C=O) groups excluding carboxylic acids is 1. The van der Waals surface area contributed by atoms with Crippen molar-refractivity contribution in [2.75, 3.05) is 46.6 Å². The summed E-state index contributed by atoms with van der Waals surface area (Å²) in [5.41, 5.74) is 1.63. The van der Waals surface area contributed by atoms with Gasteiger partial charge in [-0.15, -0.1) is 0 Å². The summed E-state index contributed by atoms with van der Waals surface area (Å²) < 4.78 is 16.4. The van der Waals surface area contributed by atoms with E-state index in [-0.39, 0.29) is 11.9 Å². The van der Waals surface area contributed by atoms with Crippen LogP contribution in [-0.4, -0.2) is 57.4 Å². The smallest absolute Gasteiger partial charge is 0.251 e. The summed E-state index contributed by atoms with van der Waals surface area (Å²) in [6.07, 6.45) is 0. The van der Waals surface area contributed by atoms with Gasteiger partial charge in [-0.2, -0.15) is 0 Å². The molecule has 1 N–H and O–H groups in total. The van der Waals surface area contributed by atoms with Gasteiger partial charge in [0, 0.05) is 25.2 Å². The molecule has 1 fully saturated rings. The Morgan fingerprint density at radius 3 is 2.57 bits per heavy atom. The van der Waals surface area contributed by atoms with Crippen LogP contribution < -0.4 is 14.8 Å². The molecular weight excluding hydrogens is 356 g/mol. The summed E-state index contributed by atoms with van der Waals surface area (Å²) >= 11 is 0. The molecule has 0 bridgehead atoms. The molecule has 1 amide bonds. The van der Waals surface area contributed by atoms with Crippen LogP contribution in [0.2, 0.25) is 0 Å². The highest BCUT2D eigenvalue weighted by molar-refractivity contribution is 5.95. The molecule has 6 nitrogen and oxygen atoms in total. The Labute approximate surface area is 166 Å². The molecule has 1 saturated heterocycles. The molecule has 1 aliphatic rings. The fraction of sp³-hybridized carbons (Fsp3) is 0.409. The lowest BCUT2D eigenvalue weighted by atomic mass is 10.0. The SMILES string of the molecule is CCOc1ccc(C(=O)N[C@@H](CN2CCOCC2)c2ccccc2)cc1OC. The average molecular weight is 384 g/mol. The van der Waals surface area contributed by atoms with Crippen molar-refractivity contribution in [3.8, 4) is 11.5 Å². The van der Waals surface area contributed by atoms with Crippen molar-refractivity contribution in [3.05, 3.63) is 59.7 Å². The number of carbonyl (C=O) groups is 1. The maximum Gasteiger partial charge on any atom is 0.251 e. The lowest BCUT2D eigenvalue weighted by Crippen LogP contribution is -2.43. The number of hydrogen-bond acceptors (Lipinski definition) is 5. The Morgan fingerprint density at radius 2 is 1.89 bits per heavy atom. The van der Waals surface area contributed by atoms with Crippen molar-refractivity contribution < 1.29 is 19.0 Å². The Morgan fingerprint density at radius 1 is 1.14 bits per heavy atom. The maximum atomic E-state index is 13.0. The minimum Gasteiger partial charge on any atom is -0.493 e. The molecule has 150 valence electrons. The predicted molar refractivity (Wildman–Crippen MR) is 108 cm³/mol. The molecule has 6 heteroatoms. The third kappa shape index (κ3) is 5.24. The van der Waals surface area contributed by atoms with Crippen molar-refractivity contribution in [1.29, 1.82) is 0 Å². The first-order chi connectivity index (χ1) is 13.7. The standard InChI is InChI=1S/C22H28N2O4/c1-3-28-20-10-9-18(15-21(20)26-2)22(25)23-19(17-7-5-4-6-8-17)16-24-11-13-27-14-12-24/h4-10,15,19H,3,11-14,16H2,1-2H3,(H,23,25)/t19-/m0/s1. The minimum absolute atomic E-state index is 0.107. The van der Waals surface area contributed by atoms with Crippen LogP contribution in [0.25, 0.3) is 0 Å². The molecule has 0 radical (unpaired) electrons. The molecule has 1 aliphatic heterocycles. The number of rotatable bonds is 8. The Bertz CT molecular complexity index is 760. The number of benzene rings is 2. The highest BCUT2D eigenvalue weighted by atomic mass is 16.5. The highest BCUT2D eigenvalue weighted by Gasteiger charge is 2.21. The molecular formula is C22H28N2O4. The summed E-state index contributed by atoms with van der Waals surface area (Å²) in [7, 11) is 1.57. The van der Waals surface area contributed by atoms with E-state index in [1.807, 2.05) is 37.3 Å². The van der Waals surface area contributed by atoms with Crippen molar-refractivity contribution >= 4 is 5.91 Å². The van der Waals surface area contributed by atoms with E-state index in [0.29, 0.717) is 23.7 Å². The predicted octanol–water partition coefficient (Wildman–Crippen LogP) is 2.90. The third-order valence-corrected chi connectivity index (χ3v) is 4.78. The topological polar surface area (TPSA) is 60.0 Å². The average Bonchev–Trinajstić information content (AvgIpc) is 2.75. The number of ether oxygens (including phenoxy) is 3. The summed E-state index contributed by atoms with van der Waals surface area (Å²) in [5, 5.41) is 3.18. The van der Waals surface area contributed by atoms with Crippen molar-refractivity contribution in [2.45, 2.75) is 13.0 Å². The summed E-state index contributed by atoms with van der Waals surface area (Å²) in [5.74, 6) is 1.05. The van der Waals surface area contributed by atoms with Crippen LogP contribution in [0.5, 0.6) is 11.5 Å². The molecule has 0 unspecified atom stereocenters. The van der Waals surface area contributed by atoms with Crippen LogP contribution in [-0.2, 0) is 4.74 Å². The molecule has 3 rings (SSSR count). The van der Waals surface area contributed by atoms with E-state index in [2.05, 4.69) is 10.2 Å². The number of hydrogen-bond donors (Lipinski definition) is 1. The van der Waals surface area contributed by atoms with E-state index in [1.165, 1.54) is 0 Å². The number of amides is 1. The summed E-state index contributed by atoms with van der Waals surface area (Å²) in [6, 6.07) is 15.2. The third-order valence-electron chi connectivity index (χ3n) is 4.78. The van der Waals surface area contributed by atoms with Gasteiger partial charge in [-0.1, -0.05) is 30.3 Å². The van der Waals surface area contributed by atoms with Gasteiger partial charge in [0.05, 0.1) is 33.0 Å². The van der Waals surface area contributed by atoms with Crippen LogP contribution >= 0.6 is 0 Å². The van der Waals surface area contributed by atoms with Crippen molar-refractivity contribution in [3.63, 3.8) is 0 Å². The largest absolute Gasteiger partial charge is 0.493 e. The Kier molecular flexibility index (Phi) is 7.28. The van der Waals surface area contributed by atoms with Gasteiger partial charge < -0.3 is 19.5 Å². The van der Waals surface area contributed by atoms with Crippen molar-refractivity contribution in [2.24, 2.45) is 0 Å². The zero-order valence-corrected chi connectivity index (χ0v) is 16.5. The zero-order chi connectivity index (χ0) is 19.8. The quantitative estimate of drug-likeness (QED) is 0.758. The molecule has 0 aliphatic carbocycles. The van der Waals surface area contributed by atoms with Gasteiger partial charge in [-0.05, 0) is 30.7 Å². The number of morpholine rings is 1. The molecule has 2 aromatic carbocycles. The van der Waals surface area contributed by atoms with Gasteiger partial charge in [0.15, 0.2) is 11.5 Å².